The molecule has 0 spiro atoms. The predicted molar refractivity (Wildman–Crippen MR) is 74.5 cm³/mol. The number of benzene rings is 1. The van der Waals surface area contributed by atoms with Crippen LogP contribution in [-0.2, 0) is 11.3 Å². The van der Waals surface area contributed by atoms with E-state index in [1.165, 1.54) is 11.3 Å². The van der Waals surface area contributed by atoms with E-state index in [1.807, 2.05) is 26.0 Å². The monoisotopic (exact) mass is 246 g/mol. The molecule has 3 heteroatoms. The maximum absolute atomic E-state index is 12.0. The van der Waals surface area contributed by atoms with Gasteiger partial charge in [0.1, 0.15) is 0 Å². The van der Waals surface area contributed by atoms with Crippen molar-refractivity contribution in [1.29, 1.82) is 0 Å². The fourth-order valence-electron chi connectivity index (χ4n) is 2.20. The van der Waals surface area contributed by atoms with Crippen LogP contribution >= 0.6 is 0 Å². The summed E-state index contributed by atoms with van der Waals surface area (Å²) in [7, 11) is 5.95. The van der Waals surface area contributed by atoms with Crippen LogP contribution in [0.1, 0.15) is 18.9 Å². The molecule has 1 aliphatic rings. The highest BCUT2D eigenvalue weighted by molar-refractivity contribution is 5.81. The summed E-state index contributed by atoms with van der Waals surface area (Å²) in [6.07, 6.45) is 1.06. The Labute approximate surface area is 109 Å². The highest BCUT2D eigenvalue weighted by Crippen LogP contribution is 2.39. The van der Waals surface area contributed by atoms with Crippen LogP contribution in [-0.4, -0.2) is 32.0 Å². The van der Waals surface area contributed by atoms with E-state index >= 15 is 0 Å². The molecule has 0 bridgehead atoms. The van der Waals surface area contributed by atoms with E-state index in [-0.39, 0.29) is 5.92 Å². The highest BCUT2D eigenvalue weighted by Gasteiger charge is 2.40. The molecule has 1 amide bonds. The molecule has 0 saturated heterocycles. The predicted octanol–water partition coefficient (Wildman–Crippen LogP) is 2.37. The highest BCUT2D eigenvalue weighted by atomic mass is 16.2. The van der Waals surface area contributed by atoms with Gasteiger partial charge in [0, 0.05) is 39.3 Å². The summed E-state index contributed by atoms with van der Waals surface area (Å²) in [4.78, 5) is 15.9. The third-order valence-corrected chi connectivity index (χ3v) is 3.68. The van der Waals surface area contributed by atoms with Gasteiger partial charge in [0.2, 0.25) is 5.91 Å². The first-order valence-corrected chi connectivity index (χ1v) is 6.50. The molecule has 1 saturated carbocycles. The Bertz CT molecular complexity index is 425. The quantitative estimate of drug-likeness (QED) is 0.814. The molecule has 0 aromatic heterocycles. The summed E-state index contributed by atoms with van der Waals surface area (Å²) >= 11 is 0. The van der Waals surface area contributed by atoms with Crippen LogP contribution in [0.15, 0.2) is 24.3 Å². The number of carbonyl (C=O) groups is 1. The van der Waals surface area contributed by atoms with Gasteiger partial charge in [-0.15, -0.1) is 0 Å². The zero-order valence-electron chi connectivity index (χ0n) is 11.7. The van der Waals surface area contributed by atoms with Gasteiger partial charge in [-0.05, 0) is 30.0 Å². The van der Waals surface area contributed by atoms with Gasteiger partial charge in [-0.2, -0.15) is 0 Å². The lowest BCUT2D eigenvalue weighted by atomic mass is 10.2. The van der Waals surface area contributed by atoms with Crippen LogP contribution in [0.25, 0.3) is 0 Å². The standard InChI is InChI=1S/C15H22N2O/c1-11-9-14(11)15(18)17(4)10-12-5-7-13(8-6-12)16(2)3/h5-8,11,14H,9-10H2,1-4H3. The van der Waals surface area contributed by atoms with E-state index in [0.717, 1.165) is 6.42 Å². The number of hydrogen-bond acceptors (Lipinski definition) is 2. The van der Waals surface area contributed by atoms with Crippen molar-refractivity contribution in [2.24, 2.45) is 11.8 Å². The smallest absolute Gasteiger partial charge is 0.226 e. The Morgan fingerprint density at radius 1 is 1.22 bits per heavy atom. The molecule has 1 aliphatic carbocycles. The second kappa shape index (κ2) is 5.01. The van der Waals surface area contributed by atoms with E-state index in [0.29, 0.717) is 18.4 Å². The molecule has 3 nitrogen and oxygen atoms in total. The SMILES string of the molecule is CC1CC1C(=O)N(C)Cc1ccc(N(C)C)cc1. The Balaban J connectivity index is 1.94. The van der Waals surface area contributed by atoms with Crippen molar-refractivity contribution >= 4 is 11.6 Å². The van der Waals surface area contributed by atoms with Crippen LogP contribution < -0.4 is 4.90 Å². The third kappa shape index (κ3) is 2.84. The first kappa shape index (κ1) is 12.9. The third-order valence-electron chi connectivity index (χ3n) is 3.68. The van der Waals surface area contributed by atoms with E-state index in [1.54, 1.807) is 0 Å². The van der Waals surface area contributed by atoms with Crippen molar-refractivity contribution in [3.8, 4) is 0 Å². The van der Waals surface area contributed by atoms with Crippen molar-refractivity contribution in [1.82, 2.24) is 4.90 Å². The second-order valence-corrected chi connectivity index (χ2v) is 5.57. The minimum Gasteiger partial charge on any atom is -0.378 e. The first-order valence-electron chi connectivity index (χ1n) is 6.50. The topological polar surface area (TPSA) is 23.6 Å². The maximum Gasteiger partial charge on any atom is 0.226 e. The molecule has 0 N–H and O–H groups in total. The lowest BCUT2D eigenvalue weighted by Gasteiger charge is -2.18. The molecule has 2 rings (SSSR count). The van der Waals surface area contributed by atoms with Crippen molar-refractivity contribution in [2.45, 2.75) is 19.9 Å². The van der Waals surface area contributed by atoms with Gasteiger partial charge in [-0.1, -0.05) is 19.1 Å². The molecule has 18 heavy (non-hydrogen) atoms. The van der Waals surface area contributed by atoms with E-state index < -0.39 is 0 Å². The van der Waals surface area contributed by atoms with Crippen molar-refractivity contribution in [3.05, 3.63) is 29.8 Å². The summed E-state index contributed by atoms with van der Waals surface area (Å²) in [5.41, 5.74) is 2.37. The van der Waals surface area contributed by atoms with Crippen LogP contribution in [0.5, 0.6) is 0 Å². The molecule has 0 aliphatic heterocycles. The Hall–Kier alpha value is -1.51. The van der Waals surface area contributed by atoms with Gasteiger partial charge in [-0.3, -0.25) is 4.79 Å². The fourth-order valence-corrected chi connectivity index (χ4v) is 2.20. The lowest BCUT2D eigenvalue weighted by Crippen LogP contribution is -2.28. The molecule has 2 atom stereocenters. The molecular formula is C15H22N2O. The largest absolute Gasteiger partial charge is 0.378 e. The minimum atomic E-state index is 0.274. The average molecular weight is 246 g/mol. The van der Waals surface area contributed by atoms with Gasteiger partial charge >= 0.3 is 0 Å². The average Bonchev–Trinajstić information content (AvgIpc) is 3.06. The van der Waals surface area contributed by atoms with Crippen LogP contribution in [0.4, 0.5) is 5.69 Å². The Morgan fingerprint density at radius 2 is 1.78 bits per heavy atom. The summed E-state index contributed by atoms with van der Waals surface area (Å²) in [6, 6.07) is 8.37. The minimum absolute atomic E-state index is 0.274. The molecular weight excluding hydrogens is 224 g/mol. The van der Waals surface area contributed by atoms with E-state index in [2.05, 4.69) is 36.1 Å². The van der Waals surface area contributed by atoms with Crippen molar-refractivity contribution < 1.29 is 4.79 Å². The van der Waals surface area contributed by atoms with Crippen LogP contribution in [0, 0.1) is 11.8 Å². The second-order valence-electron chi connectivity index (χ2n) is 5.57. The molecule has 1 aromatic carbocycles. The Kier molecular flexibility index (Phi) is 3.60. The maximum atomic E-state index is 12.0. The number of carbonyl (C=O) groups excluding carboxylic acids is 1. The molecule has 0 heterocycles. The van der Waals surface area contributed by atoms with Crippen LogP contribution in [0.3, 0.4) is 0 Å². The number of anilines is 1. The summed E-state index contributed by atoms with van der Waals surface area (Å²) in [6.45, 7) is 2.85. The Morgan fingerprint density at radius 3 is 2.22 bits per heavy atom. The normalized spacial score (nSPS) is 21.6. The fraction of sp³-hybridized carbons (Fsp3) is 0.533. The summed E-state index contributed by atoms with van der Waals surface area (Å²) in [5.74, 6) is 1.14. The van der Waals surface area contributed by atoms with Crippen LogP contribution in [0.2, 0.25) is 0 Å². The van der Waals surface area contributed by atoms with Gasteiger partial charge in [0.15, 0.2) is 0 Å². The van der Waals surface area contributed by atoms with Gasteiger partial charge in [-0.25, -0.2) is 0 Å². The molecule has 1 aromatic rings. The molecule has 2 unspecified atom stereocenters. The summed E-state index contributed by atoms with van der Waals surface area (Å²) in [5, 5.41) is 0. The number of amides is 1. The number of rotatable bonds is 4. The zero-order chi connectivity index (χ0) is 13.3. The first-order chi connectivity index (χ1) is 8.49. The number of hydrogen-bond donors (Lipinski definition) is 0. The number of nitrogens with zero attached hydrogens (tertiary/aromatic N) is 2. The van der Waals surface area contributed by atoms with E-state index in [9.17, 15) is 4.79 Å². The van der Waals surface area contributed by atoms with E-state index in [4.69, 9.17) is 0 Å². The molecule has 1 fully saturated rings. The van der Waals surface area contributed by atoms with Gasteiger partial charge in [0.05, 0.1) is 0 Å². The zero-order valence-corrected chi connectivity index (χ0v) is 11.7. The van der Waals surface area contributed by atoms with Gasteiger partial charge < -0.3 is 9.80 Å². The van der Waals surface area contributed by atoms with Crippen molar-refractivity contribution in [3.63, 3.8) is 0 Å². The molecule has 98 valence electrons. The lowest BCUT2D eigenvalue weighted by molar-refractivity contribution is -0.132. The van der Waals surface area contributed by atoms with Gasteiger partial charge in [0.25, 0.3) is 0 Å². The molecule has 0 radical (unpaired) electrons. The van der Waals surface area contributed by atoms with Crippen molar-refractivity contribution in [2.75, 3.05) is 26.0 Å². The summed E-state index contributed by atoms with van der Waals surface area (Å²) < 4.78 is 0.